The molecule has 154 valence electrons. The van der Waals surface area contributed by atoms with Crippen LogP contribution >= 0.6 is 0 Å². The zero-order valence-electron chi connectivity index (χ0n) is 15.7. The molecule has 2 aliphatic carbocycles. The molecular weight excluding hydrogens is 387 g/mol. The van der Waals surface area contributed by atoms with Crippen molar-refractivity contribution in [2.75, 3.05) is 17.7 Å². The van der Waals surface area contributed by atoms with E-state index in [9.17, 15) is 18.0 Å². The quantitative estimate of drug-likeness (QED) is 0.659. The third-order valence-corrected chi connectivity index (χ3v) is 5.37. The summed E-state index contributed by atoms with van der Waals surface area (Å²) in [4.78, 5) is 20.2. The van der Waals surface area contributed by atoms with Crippen molar-refractivity contribution in [1.82, 2.24) is 25.1 Å². The predicted octanol–water partition coefficient (Wildman–Crippen LogP) is 2.32. The van der Waals surface area contributed by atoms with Crippen LogP contribution in [0.4, 0.5) is 30.6 Å². The lowest BCUT2D eigenvalue weighted by molar-refractivity contribution is -0.137. The molecule has 2 bridgehead atoms. The van der Waals surface area contributed by atoms with Gasteiger partial charge in [0.15, 0.2) is 0 Å². The molecule has 1 saturated carbocycles. The topological polar surface area (TPSA) is 96.8 Å². The summed E-state index contributed by atoms with van der Waals surface area (Å²) in [5, 5.41) is 12.3. The number of fused-ring (bicyclic) bond motifs is 2. The van der Waals surface area contributed by atoms with Crippen LogP contribution in [0.25, 0.3) is 0 Å². The number of hydrogen-bond acceptors (Lipinski definition) is 6. The first kappa shape index (κ1) is 19.2. The molecule has 4 unspecified atom stereocenters. The van der Waals surface area contributed by atoms with Crippen molar-refractivity contribution in [2.24, 2.45) is 24.8 Å². The average Bonchev–Trinajstić information content (AvgIpc) is 3.37. The first-order chi connectivity index (χ1) is 13.8. The fourth-order valence-electron chi connectivity index (χ4n) is 4.08. The van der Waals surface area contributed by atoms with Gasteiger partial charge in [-0.15, -0.1) is 0 Å². The molecule has 0 aliphatic heterocycles. The molecule has 2 aromatic heterocycles. The highest BCUT2D eigenvalue weighted by Gasteiger charge is 2.49. The molecule has 2 heterocycles. The summed E-state index contributed by atoms with van der Waals surface area (Å²) in [7, 11) is 3.24. The maximum Gasteiger partial charge on any atom is 0.421 e. The van der Waals surface area contributed by atoms with Gasteiger partial charge in [0.25, 0.3) is 0 Å². The molecule has 4 atom stereocenters. The third-order valence-electron chi connectivity index (χ3n) is 5.37. The first-order valence-electron chi connectivity index (χ1n) is 9.12. The standard InChI is InChI=1S/C18H20F3N7O/c1-22-16(29)13-9-3-4-10(5-9)14(13)26-15-12(18(19,20)21)7-23-17(27-15)25-11-6-24-28(2)8-11/h3-4,6-10,13-14H,5H2,1-2H3,(H,22,29)(H2,23,25,26,27). The summed E-state index contributed by atoms with van der Waals surface area (Å²) < 4.78 is 42.2. The molecule has 2 aliphatic rings. The zero-order valence-corrected chi connectivity index (χ0v) is 15.7. The lowest BCUT2D eigenvalue weighted by atomic mass is 9.88. The van der Waals surface area contributed by atoms with E-state index >= 15 is 0 Å². The Hall–Kier alpha value is -3.11. The van der Waals surface area contributed by atoms with Crippen LogP contribution in [0, 0.1) is 17.8 Å². The normalized spacial score (nSPS) is 25.3. The third kappa shape index (κ3) is 3.64. The van der Waals surface area contributed by atoms with Crippen LogP contribution in [0.3, 0.4) is 0 Å². The second kappa shape index (κ2) is 7.05. The number of anilines is 3. The van der Waals surface area contributed by atoms with Crippen molar-refractivity contribution >= 4 is 23.4 Å². The van der Waals surface area contributed by atoms with Crippen LogP contribution in [0.5, 0.6) is 0 Å². The fourth-order valence-corrected chi connectivity index (χ4v) is 4.08. The highest BCUT2D eigenvalue weighted by molar-refractivity contribution is 5.81. The summed E-state index contributed by atoms with van der Waals surface area (Å²) in [6, 6.07) is -0.479. The van der Waals surface area contributed by atoms with Gasteiger partial charge in [-0.05, 0) is 18.3 Å². The van der Waals surface area contributed by atoms with E-state index in [1.807, 2.05) is 12.2 Å². The van der Waals surface area contributed by atoms with Crippen LogP contribution in [-0.4, -0.2) is 38.7 Å². The second-order valence-electron chi connectivity index (χ2n) is 7.24. The summed E-state index contributed by atoms with van der Waals surface area (Å²) in [5.41, 5.74) is -0.430. The number of hydrogen-bond donors (Lipinski definition) is 3. The highest BCUT2D eigenvalue weighted by Crippen LogP contribution is 2.46. The highest BCUT2D eigenvalue weighted by atomic mass is 19.4. The van der Waals surface area contributed by atoms with Gasteiger partial charge in [0.05, 0.1) is 17.8 Å². The van der Waals surface area contributed by atoms with Crippen LogP contribution in [-0.2, 0) is 18.0 Å². The van der Waals surface area contributed by atoms with Gasteiger partial charge in [-0.2, -0.15) is 23.3 Å². The smallest absolute Gasteiger partial charge is 0.365 e. The molecule has 0 saturated heterocycles. The van der Waals surface area contributed by atoms with Crippen molar-refractivity contribution in [1.29, 1.82) is 0 Å². The van der Waals surface area contributed by atoms with Crippen molar-refractivity contribution in [3.05, 3.63) is 36.3 Å². The molecule has 3 N–H and O–H groups in total. The van der Waals surface area contributed by atoms with E-state index in [0.29, 0.717) is 5.69 Å². The average molecular weight is 407 g/mol. The summed E-state index contributed by atoms with van der Waals surface area (Å²) in [6.07, 6.45) is 3.90. The number of amides is 1. The number of aromatic nitrogens is 4. The van der Waals surface area contributed by atoms with E-state index in [0.717, 1.165) is 12.6 Å². The van der Waals surface area contributed by atoms with Gasteiger partial charge < -0.3 is 16.0 Å². The Morgan fingerprint density at radius 2 is 2.00 bits per heavy atom. The van der Waals surface area contributed by atoms with Gasteiger partial charge in [0, 0.05) is 32.5 Å². The van der Waals surface area contributed by atoms with Crippen LogP contribution in [0.15, 0.2) is 30.7 Å². The molecule has 1 fully saturated rings. The molecule has 8 nitrogen and oxygen atoms in total. The number of rotatable bonds is 5. The molecule has 2 aromatic rings. The van der Waals surface area contributed by atoms with Gasteiger partial charge in [-0.3, -0.25) is 9.48 Å². The molecular formula is C18H20F3N7O. The van der Waals surface area contributed by atoms with E-state index < -0.39 is 23.7 Å². The molecule has 29 heavy (non-hydrogen) atoms. The molecule has 0 spiro atoms. The second-order valence-corrected chi connectivity index (χ2v) is 7.24. The predicted molar refractivity (Wildman–Crippen MR) is 99.2 cm³/mol. The number of halogens is 3. The van der Waals surface area contributed by atoms with Crippen molar-refractivity contribution < 1.29 is 18.0 Å². The molecule has 0 aromatic carbocycles. The van der Waals surface area contributed by atoms with Gasteiger partial charge >= 0.3 is 6.18 Å². The first-order valence-corrected chi connectivity index (χ1v) is 9.12. The summed E-state index contributed by atoms with van der Waals surface area (Å²) in [5.74, 6) is -1.03. The summed E-state index contributed by atoms with van der Waals surface area (Å²) >= 11 is 0. The number of carbonyl (C=O) groups excluding carboxylic acids is 1. The summed E-state index contributed by atoms with van der Waals surface area (Å²) in [6.45, 7) is 0. The minimum absolute atomic E-state index is 0.00149. The van der Waals surface area contributed by atoms with E-state index in [1.54, 1.807) is 17.9 Å². The van der Waals surface area contributed by atoms with Gasteiger partial charge in [-0.25, -0.2) is 4.98 Å². The Kier molecular flexibility index (Phi) is 4.67. The monoisotopic (exact) mass is 407 g/mol. The number of nitrogens with one attached hydrogen (secondary N) is 3. The molecule has 1 amide bonds. The fraction of sp³-hybridized carbons (Fsp3) is 0.444. The van der Waals surface area contributed by atoms with Crippen molar-refractivity contribution in [3.8, 4) is 0 Å². The van der Waals surface area contributed by atoms with Crippen LogP contribution in [0.1, 0.15) is 12.0 Å². The number of alkyl halides is 3. The van der Waals surface area contributed by atoms with E-state index in [4.69, 9.17) is 0 Å². The number of aryl methyl sites for hydroxylation is 1. The SMILES string of the molecule is CNC(=O)C1C2C=CC(C2)C1Nc1nc(Nc2cnn(C)c2)ncc1C(F)(F)F. The maximum atomic E-state index is 13.5. The number of carbonyl (C=O) groups is 1. The van der Waals surface area contributed by atoms with Crippen LogP contribution in [0.2, 0.25) is 0 Å². The molecule has 4 rings (SSSR count). The lowest BCUT2D eigenvalue weighted by Crippen LogP contribution is -2.42. The Balaban J connectivity index is 1.66. The Morgan fingerprint density at radius 3 is 2.66 bits per heavy atom. The zero-order chi connectivity index (χ0) is 20.8. The molecule has 0 radical (unpaired) electrons. The van der Waals surface area contributed by atoms with Crippen molar-refractivity contribution in [3.63, 3.8) is 0 Å². The maximum absolute atomic E-state index is 13.5. The number of allylic oxidation sites excluding steroid dienone is 1. The molecule has 11 heteroatoms. The van der Waals surface area contributed by atoms with E-state index in [2.05, 4.69) is 31.0 Å². The minimum Gasteiger partial charge on any atom is -0.365 e. The number of nitrogens with zero attached hydrogens (tertiary/aromatic N) is 4. The Morgan fingerprint density at radius 1 is 1.24 bits per heavy atom. The largest absolute Gasteiger partial charge is 0.421 e. The van der Waals surface area contributed by atoms with Gasteiger partial charge in [-0.1, -0.05) is 12.2 Å². The minimum atomic E-state index is -4.63. The Labute approximate surface area is 164 Å². The van der Waals surface area contributed by atoms with Gasteiger partial charge in [0.1, 0.15) is 11.4 Å². The van der Waals surface area contributed by atoms with Crippen molar-refractivity contribution in [2.45, 2.75) is 18.6 Å². The Bertz CT molecular complexity index is 955. The van der Waals surface area contributed by atoms with Gasteiger partial charge in [0.2, 0.25) is 11.9 Å². The van der Waals surface area contributed by atoms with E-state index in [1.165, 1.54) is 13.2 Å². The van der Waals surface area contributed by atoms with E-state index in [-0.39, 0.29) is 29.5 Å². The van der Waals surface area contributed by atoms with Crippen LogP contribution < -0.4 is 16.0 Å². The lowest BCUT2D eigenvalue weighted by Gasteiger charge is -2.29.